The van der Waals surface area contributed by atoms with Gasteiger partial charge in [-0.25, -0.2) is 9.97 Å². The Morgan fingerprint density at radius 1 is 1.18 bits per heavy atom. The lowest BCUT2D eigenvalue weighted by atomic mass is 10.1. The minimum absolute atomic E-state index is 0.445. The second-order valence-corrected chi connectivity index (χ2v) is 4.13. The molecule has 0 fully saturated rings. The zero-order chi connectivity index (χ0) is 12.3. The monoisotopic (exact) mass is 226 g/mol. The molecular formula is C14H14N2O. The van der Waals surface area contributed by atoms with Gasteiger partial charge in [0.25, 0.3) is 0 Å². The van der Waals surface area contributed by atoms with Crippen LogP contribution in [0.5, 0.6) is 0 Å². The van der Waals surface area contributed by atoms with Gasteiger partial charge in [-0.05, 0) is 25.5 Å². The second-order valence-electron chi connectivity index (χ2n) is 4.13. The summed E-state index contributed by atoms with van der Waals surface area (Å²) in [5.41, 5.74) is 3.64. The van der Waals surface area contributed by atoms with E-state index in [9.17, 15) is 4.79 Å². The van der Waals surface area contributed by atoms with Crippen LogP contribution < -0.4 is 0 Å². The van der Waals surface area contributed by atoms with Crippen molar-refractivity contribution in [3.8, 4) is 0 Å². The van der Waals surface area contributed by atoms with E-state index >= 15 is 0 Å². The lowest BCUT2D eigenvalue weighted by Crippen LogP contribution is -2.02. The van der Waals surface area contributed by atoms with Crippen molar-refractivity contribution >= 4 is 6.29 Å². The van der Waals surface area contributed by atoms with Gasteiger partial charge >= 0.3 is 0 Å². The summed E-state index contributed by atoms with van der Waals surface area (Å²) in [4.78, 5) is 19.3. The Labute approximate surface area is 101 Å². The molecule has 0 aliphatic rings. The van der Waals surface area contributed by atoms with Gasteiger partial charge < -0.3 is 0 Å². The Morgan fingerprint density at radius 3 is 2.71 bits per heavy atom. The summed E-state index contributed by atoms with van der Waals surface area (Å²) in [7, 11) is 0. The number of aromatic nitrogens is 2. The Balaban J connectivity index is 2.29. The van der Waals surface area contributed by atoms with Crippen LogP contribution >= 0.6 is 0 Å². The van der Waals surface area contributed by atoms with Crippen LogP contribution in [-0.4, -0.2) is 16.3 Å². The lowest BCUT2D eigenvalue weighted by Gasteiger charge is -2.03. The van der Waals surface area contributed by atoms with Gasteiger partial charge in [-0.15, -0.1) is 0 Å². The zero-order valence-corrected chi connectivity index (χ0v) is 9.97. The SMILES string of the molecule is Cc1cccc(Cc2nc(C)cc(C=O)n2)c1. The minimum atomic E-state index is 0.445. The first-order chi connectivity index (χ1) is 8.17. The smallest absolute Gasteiger partial charge is 0.168 e. The van der Waals surface area contributed by atoms with Gasteiger partial charge in [0.1, 0.15) is 11.5 Å². The van der Waals surface area contributed by atoms with Crippen molar-refractivity contribution in [1.29, 1.82) is 0 Å². The van der Waals surface area contributed by atoms with Gasteiger partial charge in [-0.1, -0.05) is 29.8 Å². The first kappa shape index (κ1) is 11.5. The fourth-order valence-electron chi connectivity index (χ4n) is 1.80. The lowest BCUT2D eigenvalue weighted by molar-refractivity contribution is 0.111. The van der Waals surface area contributed by atoms with Crippen molar-refractivity contribution in [2.24, 2.45) is 0 Å². The van der Waals surface area contributed by atoms with Crippen molar-refractivity contribution in [2.45, 2.75) is 20.3 Å². The van der Waals surface area contributed by atoms with Crippen LogP contribution in [0, 0.1) is 13.8 Å². The molecule has 0 aliphatic heterocycles. The summed E-state index contributed by atoms with van der Waals surface area (Å²) in [5, 5.41) is 0. The average Bonchev–Trinajstić information content (AvgIpc) is 2.28. The molecule has 0 saturated carbocycles. The van der Waals surface area contributed by atoms with Crippen molar-refractivity contribution < 1.29 is 4.79 Å². The molecule has 0 amide bonds. The number of nitrogens with zero attached hydrogens (tertiary/aromatic N) is 2. The van der Waals surface area contributed by atoms with Crippen molar-refractivity contribution in [2.75, 3.05) is 0 Å². The second kappa shape index (κ2) is 4.87. The minimum Gasteiger partial charge on any atom is -0.296 e. The molecule has 1 aromatic heterocycles. The fourth-order valence-corrected chi connectivity index (χ4v) is 1.80. The maximum absolute atomic E-state index is 10.7. The van der Waals surface area contributed by atoms with E-state index in [1.54, 1.807) is 6.07 Å². The number of aryl methyl sites for hydroxylation is 2. The van der Waals surface area contributed by atoms with E-state index in [4.69, 9.17) is 0 Å². The van der Waals surface area contributed by atoms with Crippen LogP contribution in [0.4, 0.5) is 0 Å². The van der Waals surface area contributed by atoms with Gasteiger partial charge in [0, 0.05) is 12.1 Å². The summed E-state index contributed by atoms with van der Waals surface area (Å²) in [5.74, 6) is 0.692. The molecule has 1 aromatic carbocycles. The standard InChI is InChI=1S/C14H14N2O/c1-10-4-3-5-12(6-10)8-14-15-11(2)7-13(9-17)16-14/h3-7,9H,8H2,1-2H3. The van der Waals surface area contributed by atoms with Crippen LogP contribution in [-0.2, 0) is 6.42 Å². The molecule has 2 aromatic rings. The Bertz CT molecular complexity index is 550. The quantitative estimate of drug-likeness (QED) is 0.755. The molecule has 0 bridgehead atoms. The van der Waals surface area contributed by atoms with E-state index in [0.717, 1.165) is 17.5 Å². The van der Waals surface area contributed by atoms with E-state index in [1.165, 1.54) is 5.56 Å². The molecule has 86 valence electrons. The molecular weight excluding hydrogens is 212 g/mol. The molecule has 0 aliphatic carbocycles. The van der Waals surface area contributed by atoms with Gasteiger partial charge in [0.15, 0.2) is 6.29 Å². The predicted octanol–water partition coefficient (Wildman–Crippen LogP) is 2.50. The molecule has 0 spiro atoms. The van der Waals surface area contributed by atoms with Gasteiger partial charge in [0.2, 0.25) is 0 Å². The number of aldehydes is 1. The molecule has 3 heteroatoms. The highest BCUT2D eigenvalue weighted by atomic mass is 16.1. The van der Waals surface area contributed by atoms with Gasteiger partial charge in [-0.2, -0.15) is 0 Å². The van der Waals surface area contributed by atoms with E-state index in [-0.39, 0.29) is 0 Å². The van der Waals surface area contributed by atoms with Gasteiger partial charge in [0.05, 0.1) is 0 Å². The number of carbonyl (C=O) groups excluding carboxylic acids is 1. The molecule has 0 atom stereocenters. The van der Waals surface area contributed by atoms with E-state index in [0.29, 0.717) is 17.9 Å². The summed E-state index contributed by atoms with van der Waals surface area (Å²) in [6.07, 6.45) is 1.42. The zero-order valence-electron chi connectivity index (χ0n) is 9.97. The topological polar surface area (TPSA) is 42.9 Å². The molecule has 0 N–H and O–H groups in total. The third-order valence-electron chi connectivity index (χ3n) is 2.49. The summed E-state index contributed by atoms with van der Waals surface area (Å²) in [6, 6.07) is 9.90. The average molecular weight is 226 g/mol. The van der Waals surface area contributed by atoms with Crippen LogP contribution in [0.3, 0.4) is 0 Å². The highest BCUT2D eigenvalue weighted by Crippen LogP contribution is 2.09. The van der Waals surface area contributed by atoms with Crippen LogP contribution in [0.1, 0.15) is 33.1 Å². The molecule has 17 heavy (non-hydrogen) atoms. The largest absolute Gasteiger partial charge is 0.296 e. The molecule has 1 heterocycles. The first-order valence-electron chi connectivity index (χ1n) is 5.52. The third kappa shape index (κ3) is 2.97. The number of rotatable bonds is 3. The molecule has 3 nitrogen and oxygen atoms in total. The third-order valence-corrected chi connectivity index (χ3v) is 2.49. The summed E-state index contributed by atoms with van der Waals surface area (Å²) in [6.45, 7) is 3.92. The number of hydrogen-bond acceptors (Lipinski definition) is 3. The Morgan fingerprint density at radius 2 is 2.00 bits per heavy atom. The van der Waals surface area contributed by atoms with Crippen molar-refractivity contribution in [3.63, 3.8) is 0 Å². The van der Waals surface area contributed by atoms with E-state index in [2.05, 4.69) is 29.0 Å². The fraction of sp³-hybridized carbons (Fsp3) is 0.214. The number of hydrogen-bond donors (Lipinski definition) is 0. The van der Waals surface area contributed by atoms with Crippen LogP contribution in [0.25, 0.3) is 0 Å². The summed E-state index contributed by atoms with van der Waals surface area (Å²) >= 11 is 0. The van der Waals surface area contributed by atoms with Crippen LogP contribution in [0.15, 0.2) is 30.3 Å². The van der Waals surface area contributed by atoms with Crippen molar-refractivity contribution in [1.82, 2.24) is 9.97 Å². The Kier molecular flexibility index (Phi) is 3.28. The predicted molar refractivity (Wildman–Crippen MR) is 66.1 cm³/mol. The first-order valence-corrected chi connectivity index (χ1v) is 5.52. The molecule has 0 saturated heterocycles. The van der Waals surface area contributed by atoms with E-state index < -0.39 is 0 Å². The number of carbonyl (C=O) groups is 1. The highest BCUT2D eigenvalue weighted by molar-refractivity contribution is 5.71. The summed E-state index contributed by atoms with van der Waals surface area (Å²) < 4.78 is 0. The molecule has 0 radical (unpaired) electrons. The maximum Gasteiger partial charge on any atom is 0.168 e. The molecule has 0 unspecified atom stereocenters. The van der Waals surface area contributed by atoms with E-state index in [1.807, 2.05) is 19.1 Å². The normalized spacial score (nSPS) is 10.2. The van der Waals surface area contributed by atoms with Crippen molar-refractivity contribution in [3.05, 3.63) is 58.7 Å². The number of benzene rings is 1. The van der Waals surface area contributed by atoms with Crippen LogP contribution in [0.2, 0.25) is 0 Å². The Hall–Kier alpha value is -2.03. The molecule has 2 rings (SSSR count). The van der Waals surface area contributed by atoms with Gasteiger partial charge in [-0.3, -0.25) is 4.79 Å². The maximum atomic E-state index is 10.7. The highest BCUT2D eigenvalue weighted by Gasteiger charge is 2.03.